The molecule has 3 aromatic rings. The summed E-state index contributed by atoms with van der Waals surface area (Å²) in [5.74, 6) is 0.826. The molecule has 0 bridgehead atoms. The summed E-state index contributed by atoms with van der Waals surface area (Å²) < 4.78 is 5.88. The Morgan fingerprint density at radius 1 is 0.967 bits per heavy atom. The SMILES string of the molecule is CN(C)C(=O)c1cccc(NC(=O)CNc2cc(Cl)ccc2Oc2ccccc2)c1. The van der Waals surface area contributed by atoms with Crippen molar-refractivity contribution in [1.29, 1.82) is 0 Å². The van der Waals surface area contributed by atoms with Crippen molar-refractivity contribution >= 4 is 34.8 Å². The summed E-state index contributed by atoms with van der Waals surface area (Å²) in [6, 6.07) is 21.3. The first-order valence-electron chi connectivity index (χ1n) is 9.30. The summed E-state index contributed by atoms with van der Waals surface area (Å²) in [4.78, 5) is 26.0. The molecule has 0 aromatic heterocycles. The van der Waals surface area contributed by atoms with E-state index in [9.17, 15) is 9.59 Å². The number of hydrogen-bond acceptors (Lipinski definition) is 4. The summed E-state index contributed by atoms with van der Waals surface area (Å²) in [7, 11) is 3.36. The van der Waals surface area contributed by atoms with Crippen LogP contribution in [-0.2, 0) is 4.79 Å². The molecular formula is C23H22ClN3O3. The van der Waals surface area contributed by atoms with Crippen molar-refractivity contribution in [2.75, 3.05) is 31.3 Å². The van der Waals surface area contributed by atoms with Crippen LogP contribution in [0, 0.1) is 0 Å². The van der Waals surface area contributed by atoms with Gasteiger partial charge in [-0.2, -0.15) is 0 Å². The Balaban J connectivity index is 1.66. The Labute approximate surface area is 180 Å². The van der Waals surface area contributed by atoms with E-state index in [0.717, 1.165) is 0 Å². The van der Waals surface area contributed by atoms with Gasteiger partial charge >= 0.3 is 0 Å². The number of para-hydroxylation sites is 1. The Kier molecular flexibility index (Phi) is 6.93. The van der Waals surface area contributed by atoms with Crippen molar-refractivity contribution in [1.82, 2.24) is 4.90 Å². The molecule has 6 nitrogen and oxygen atoms in total. The molecule has 0 atom stereocenters. The molecule has 0 saturated heterocycles. The van der Waals surface area contributed by atoms with Crippen molar-refractivity contribution in [3.8, 4) is 11.5 Å². The first-order chi connectivity index (χ1) is 14.4. The number of rotatable bonds is 7. The lowest BCUT2D eigenvalue weighted by atomic mass is 10.2. The summed E-state index contributed by atoms with van der Waals surface area (Å²) in [6.07, 6.45) is 0. The molecule has 0 fully saturated rings. The van der Waals surface area contributed by atoms with E-state index in [1.54, 1.807) is 56.6 Å². The van der Waals surface area contributed by atoms with E-state index < -0.39 is 0 Å². The van der Waals surface area contributed by atoms with Crippen molar-refractivity contribution < 1.29 is 14.3 Å². The Morgan fingerprint density at radius 2 is 1.73 bits per heavy atom. The second-order valence-corrected chi connectivity index (χ2v) is 7.17. The fourth-order valence-electron chi connectivity index (χ4n) is 2.71. The molecule has 0 aliphatic carbocycles. The van der Waals surface area contributed by atoms with Gasteiger partial charge in [0.1, 0.15) is 5.75 Å². The van der Waals surface area contributed by atoms with E-state index in [2.05, 4.69) is 10.6 Å². The van der Waals surface area contributed by atoms with Crippen molar-refractivity contribution in [2.45, 2.75) is 0 Å². The highest BCUT2D eigenvalue weighted by Crippen LogP contribution is 2.31. The van der Waals surface area contributed by atoms with Gasteiger partial charge < -0.3 is 20.3 Å². The maximum absolute atomic E-state index is 12.4. The molecule has 0 spiro atoms. The van der Waals surface area contributed by atoms with Crippen LogP contribution in [0.4, 0.5) is 11.4 Å². The second kappa shape index (κ2) is 9.80. The third kappa shape index (κ3) is 5.75. The van der Waals surface area contributed by atoms with Gasteiger partial charge in [0.25, 0.3) is 5.91 Å². The maximum atomic E-state index is 12.4. The Bertz CT molecular complexity index is 1040. The van der Waals surface area contributed by atoms with E-state index in [-0.39, 0.29) is 18.4 Å². The summed E-state index contributed by atoms with van der Waals surface area (Å²) in [6.45, 7) is -0.00263. The summed E-state index contributed by atoms with van der Waals surface area (Å²) >= 11 is 6.11. The lowest BCUT2D eigenvalue weighted by Gasteiger charge is -2.14. The maximum Gasteiger partial charge on any atom is 0.253 e. The molecule has 0 unspecified atom stereocenters. The van der Waals surface area contributed by atoms with E-state index in [4.69, 9.17) is 16.3 Å². The van der Waals surface area contributed by atoms with Crippen LogP contribution in [0.1, 0.15) is 10.4 Å². The fourth-order valence-corrected chi connectivity index (χ4v) is 2.89. The minimum atomic E-state index is -0.268. The van der Waals surface area contributed by atoms with Gasteiger partial charge in [-0.15, -0.1) is 0 Å². The fraction of sp³-hybridized carbons (Fsp3) is 0.130. The van der Waals surface area contributed by atoms with Gasteiger partial charge in [0, 0.05) is 30.4 Å². The van der Waals surface area contributed by atoms with Crippen LogP contribution in [0.25, 0.3) is 0 Å². The minimum Gasteiger partial charge on any atom is -0.455 e. The number of carbonyl (C=O) groups is 2. The topological polar surface area (TPSA) is 70.7 Å². The Hall–Kier alpha value is -3.51. The lowest BCUT2D eigenvalue weighted by molar-refractivity contribution is -0.114. The van der Waals surface area contributed by atoms with E-state index in [1.807, 2.05) is 30.3 Å². The number of ether oxygens (including phenoxy) is 1. The zero-order chi connectivity index (χ0) is 21.5. The number of nitrogens with zero attached hydrogens (tertiary/aromatic N) is 1. The van der Waals surface area contributed by atoms with E-state index in [1.165, 1.54) is 4.90 Å². The summed E-state index contributed by atoms with van der Waals surface area (Å²) in [5, 5.41) is 6.36. The van der Waals surface area contributed by atoms with Crippen molar-refractivity contribution in [2.24, 2.45) is 0 Å². The van der Waals surface area contributed by atoms with Crippen molar-refractivity contribution in [3.63, 3.8) is 0 Å². The lowest BCUT2D eigenvalue weighted by Crippen LogP contribution is -2.23. The number of carbonyl (C=O) groups excluding carboxylic acids is 2. The predicted molar refractivity (Wildman–Crippen MR) is 120 cm³/mol. The van der Waals surface area contributed by atoms with Crippen LogP contribution in [0.5, 0.6) is 11.5 Å². The van der Waals surface area contributed by atoms with Gasteiger partial charge in [-0.25, -0.2) is 0 Å². The van der Waals surface area contributed by atoms with Gasteiger partial charge in [-0.3, -0.25) is 9.59 Å². The highest BCUT2D eigenvalue weighted by molar-refractivity contribution is 6.31. The van der Waals surface area contributed by atoms with E-state index >= 15 is 0 Å². The van der Waals surface area contributed by atoms with Crippen LogP contribution >= 0.6 is 11.6 Å². The van der Waals surface area contributed by atoms with Crippen LogP contribution < -0.4 is 15.4 Å². The normalized spacial score (nSPS) is 10.2. The number of nitrogens with one attached hydrogen (secondary N) is 2. The number of halogens is 1. The van der Waals surface area contributed by atoms with Crippen LogP contribution in [0.15, 0.2) is 72.8 Å². The van der Waals surface area contributed by atoms with Crippen LogP contribution in [-0.4, -0.2) is 37.4 Å². The largest absolute Gasteiger partial charge is 0.455 e. The molecule has 0 saturated carbocycles. The molecule has 30 heavy (non-hydrogen) atoms. The first-order valence-corrected chi connectivity index (χ1v) is 9.68. The standard InChI is InChI=1S/C23H22ClN3O3/c1-27(2)23(29)16-7-6-8-18(13-16)26-22(28)15-25-20-14-17(24)11-12-21(20)30-19-9-4-3-5-10-19/h3-14,25H,15H2,1-2H3,(H,26,28). The van der Waals surface area contributed by atoms with Crippen LogP contribution in [0.3, 0.4) is 0 Å². The van der Waals surface area contributed by atoms with Crippen molar-refractivity contribution in [3.05, 3.63) is 83.4 Å². The molecule has 3 aromatic carbocycles. The number of hydrogen-bond donors (Lipinski definition) is 2. The molecular weight excluding hydrogens is 402 g/mol. The average Bonchev–Trinajstić information content (AvgIpc) is 2.74. The highest BCUT2D eigenvalue weighted by Gasteiger charge is 2.11. The van der Waals surface area contributed by atoms with Gasteiger partial charge in [-0.1, -0.05) is 35.9 Å². The second-order valence-electron chi connectivity index (χ2n) is 6.74. The molecule has 0 aliphatic rings. The minimum absolute atomic E-state index is 0.00263. The zero-order valence-electron chi connectivity index (χ0n) is 16.7. The zero-order valence-corrected chi connectivity index (χ0v) is 17.4. The van der Waals surface area contributed by atoms with Gasteiger partial charge in [0.2, 0.25) is 5.91 Å². The Morgan fingerprint density at radius 3 is 2.47 bits per heavy atom. The number of amides is 2. The van der Waals surface area contributed by atoms with Gasteiger partial charge in [-0.05, 0) is 48.5 Å². The molecule has 0 heterocycles. The third-order valence-corrected chi connectivity index (χ3v) is 4.39. The number of anilines is 2. The van der Waals surface area contributed by atoms with Crippen LogP contribution in [0.2, 0.25) is 5.02 Å². The molecule has 0 radical (unpaired) electrons. The predicted octanol–water partition coefficient (Wildman–Crippen LogP) is 4.88. The quantitative estimate of drug-likeness (QED) is 0.568. The molecule has 154 valence electrons. The smallest absolute Gasteiger partial charge is 0.253 e. The average molecular weight is 424 g/mol. The highest BCUT2D eigenvalue weighted by atomic mass is 35.5. The molecule has 2 N–H and O–H groups in total. The molecule has 0 aliphatic heterocycles. The molecule has 2 amide bonds. The van der Waals surface area contributed by atoms with E-state index in [0.29, 0.717) is 33.5 Å². The third-order valence-electron chi connectivity index (χ3n) is 4.15. The van der Waals surface area contributed by atoms with Gasteiger partial charge in [0.05, 0.1) is 12.2 Å². The monoisotopic (exact) mass is 423 g/mol. The first kappa shape index (κ1) is 21.2. The number of benzene rings is 3. The summed E-state index contributed by atoms with van der Waals surface area (Å²) in [5.41, 5.74) is 1.64. The molecule has 3 rings (SSSR count). The van der Waals surface area contributed by atoms with Gasteiger partial charge in [0.15, 0.2) is 5.75 Å². The molecule has 7 heteroatoms.